The molecular weight excluding hydrogens is 274 g/mol. The van der Waals surface area contributed by atoms with Gasteiger partial charge in [-0.15, -0.1) is 11.3 Å². The Morgan fingerprint density at radius 2 is 2.28 bits per heavy atom. The number of rotatable bonds is 5. The molecule has 1 aromatic heterocycles. The van der Waals surface area contributed by atoms with Gasteiger partial charge in [-0.25, -0.2) is 0 Å². The Hall–Kier alpha value is -1.50. The molecule has 0 unspecified atom stereocenters. The third-order valence-corrected chi connectivity index (χ3v) is 3.51. The molecule has 2 aromatic rings. The molecule has 0 aliphatic heterocycles. The van der Waals surface area contributed by atoms with E-state index in [0.29, 0.717) is 23.7 Å². The SMILES string of the molecule is O=[N+]([O-])c1cccc(Cl)c1CNCc1cncs1. The van der Waals surface area contributed by atoms with E-state index in [1.54, 1.807) is 23.8 Å². The van der Waals surface area contributed by atoms with E-state index in [-0.39, 0.29) is 5.69 Å². The van der Waals surface area contributed by atoms with Crippen LogP contribution < -0.4 is 5.32 Å². The highest BCUT2D eigenvalue weighted by atomic mass is 35.5. The van der Waals surface area contributed by atoms with Crippen LogP contribution in [-0.4, -0.2) is 9.91 Å². The summed E-state index contributed by atoms with van der Waals surface area (Å²) in [5.41, 5.74) is 2.29. The monoisotopic (exact) mass is 283 g/mol. The van der Waals surface area contributed by atoms with Crippen LogP contribution in [0.3, 0.4) is 0 Å². The van der Waals surface area contributed by atoms with E-state index in [1.165, 1.54) is 17.4 Å². The van der Waals surface area contributed by atoms with E-state index in [9.17, 15) is 10.1 Å². The van der Waals surface area contributed by atoms with Crippen molar-refractivity contribution < 1.29 is 4.92 Å². The van der Waals surface area contributed by atoms with Crippen molar-refractivity contribution in [3.8, 4) is 0 Å². The normalized spacial score (nSPS) is 10.5. The Balaban J connectivity index is 2.06. The number of hydrogen-bond donors (Lipinski definition) is 1. The molecular formula is C11H10ClN3O2S. The van der Waals surface area contributed by atoms with Gasteiger partial charge in [-0.1, -0.05) is 17.7 Å². The molecule has 0 fully saturated rings. The lowest BCUT2D eigenvalue weighted by atomic mass is 10.2. The second-order valence-electron chi connectivity index (χ2n) is 3.57. The third-order valence-electron chi connectivity index (χ3n) is 2.38. The van der Waals surface area contributed by atoms with Crippen molar-refractivity contribution in [3.63, 3.8) is 0 Å². The van der Waals surface area contributed by atoms with Gasteiger partial charge in [-0.05, 0) is 6.07 Å². The Morgan fingerprint density at radius 3 is 2.94 bits per heavy atom. The lowest BCUT2D eigenvalue weighted by molar-refractivity contribution is -0.385. The number of nitro groups is 1. The van der Waals surface area contributed by atoms with Crippen molar-refractivity contribution in [3.05, 3.63) is 55.5 Å². The first kappa shape index (κ1) is 12.9. The first-order valence-corrected chi connectivity index (χ1v) is 6.44. The number of nitro benzene ring substituents is 1. The van der Waals surface area contributed by atoms with E-state index in [0.717, 1.165) is 4.88 Å². The van der Waals surface area contributed by atoms with Crippen LogP contribution in [0.1, 0.15) is 10.4 Å². The van der Waals surface area contributed by atoms with Crippen molar-refractivity contribution in [1.82, 2.24) is 10.3 Å². The highest BCUT2D eigenvalue weighted by Crippen LogP contribution is 2.26. The first-order valence-electron chi connectivity index (χ1n) is 5.18. The zero-order valence-corrected chi connectivity index (χ0v) is 10.9. The minimum atomic E-state index is -0.421. The van der Waals surface area contributed by atoms with Crippen molar-refractivity contribution in [2.45, 2.75) is 13.1 Å². The van der Waals surface area contributed by atoms with Crippen LogP contribution in [0.15, 0.2) is 29.9 Å². The second kappa shape index (κ2) is 5.90. The standard InChI is InChI=1S/C11H10ClN3O2S/c12-10-2-1-3-11(15(16)17)9(10)6-13-4-8-5-14-7-18-8/h1-3,5,7,13H,4,6H2. The summed E-state index contributed by atoms with van der Waals surface area (Å²) in [6.07, 6.45) is 1.76. The van der Waals surface area contributed by atoms with Crippen LogP contribution in [-0.2, 0) is 13.1 Å². The molecule has 0 aliphatic rings. The second-order valence-corrected chi connectivity index (χ2v) is 4.94. The Kier molecular flexibility index (Phi) is 4.24. The maximum Gasteiger partial charge on any atom is 0.275 e. The molecule has 0 saturated heterocycles. The maximum absolute atomic E-state index is 10.9. The predicted molar refractivity (Wildman–Crippen MR) is 70.8 cm³/mol. The summed E-state index contributed by atoms with van der Waals surface area (Å²) in [5.74, 6) is 0. The average Bonchev–Trinajstić information content (AvgIpc) is 2.84. The van der Waals surface area contributed by atoms with Crippen LogP contribution in [0.5, 0.6) is 0 Å². The van der Waals surface area contributed by atoms with Crippen LogP contribution in [0.2, 0.25) is 5.02 Å². The molecule has 0 saturated carbocycles. The smallest absolute Gasteiger partial charge is 0.275 e. The van der Waals surface area contributed by atoms with Gasteiger partial charge in [0, 0.05) is 30.2 Å². The van der Waals surface area contributed by atoms with E-state index in [1.807, 2.05) is 0 Å². The number of thiazole rings is 1. The van der Waals surface area contributed by atoms with Crippen molar-refractivity contribution in [2.75, 3.05) is 0 Å². The lowest BCUT2D eigenvalue weighted by Crippen LogP contribution is -2.13. The fraction of sp³-hybridized carbons (Fsp3) is 0.182. The summed E-state index contributed by atoms with van der Waals surface area (Å²) in [7, 11) is 0. The van der Waals surface area contributed by atoms with Crippen molar-refractivity contribution in [1.29, 1.82) is 0 Å². The Morgan fingerprint density at radius 1 is 1.44 bits per heavy atom. The molecule has 2 rings (SSSR count). The van der Waals surface area contributed by atoms with Gasteiger partial charge in [0.1, 0.15) is 0 Å². The Bertz CT molecular complexity index is 545. The van der Waals surface area contributed by atoms with Crippen LogP contribution >= 0.6 is 22.9 Å². The number of benzene rings is 1. The molecule has 0 aliphatic carbocycles. The van der Waals surface area contributed by atoms with Gasteiger partial charge in [-0.3, -0.25) is 15.1 Å². The largest absolute Gasteiger partial charge is 0.307 e. The number of hydrogen-bond acceptors (Lipinski definition) is 5. The molecule has 0 atom stereocenters. The predicted octanol–water partition coefficient (Wildman–Crippen LogP) is 2.99. The van der Waals surface area contributed by atoms with Gasteiger partial charge in [0.2, 0.25) is 0 Å². The van der Waals surface area contributed by atoms with E-state index >= 15 is 0 Å². The molecule has 7 heteroatoms. The van der Waals surface area contributed by atoms with Crippen LogP contribution in [0.4, 0.5) is 5.69 Å². The zero-order chi connectivity index (χ0) is 13.0. The van der Waals surface area contributed by atoms with Gasteiger partial charge in [0.15, 0.2) is 0 Å². The summed E-state index contributed by atoms with van der Waals surface area (Å²) in [4.78, 5) is 15.5. The summed E-state index contributed by atoms with van der Waals surface area (Å²) in [5, 5.41) is 14.4. The molecule has 1 aromatic carbocycles. The fourth-order valence-electron chi connectivity index (χ4n) is 1.53. The molecule has 18 heavy (non-hydrogen) atoms. The molecule has 94 valence electrons. The van der Waals surface area contributed by atoms with E-state index in [2.05, 4.69) is 10.3 Å². The molecule has 0 radical (unpaired) electrons. The zero-order valence-electron chi connectivity index (χ0n) is 9.30. The lowest BCUT2D eigenvalue weighted by Gasteiger charge is -2.06. The van der Waals surface area contributed by atoms with Crippen molar-refractivity contribution >= 4 is 28.6 Å². The van der Waals surface area contributed by atoms with Gasteiger partial charge >= 0.3 is 0 Å². The third kappa shape index (κ3) is 3.04. The summed E-state index contributed by atoms with van der Waals surface area (Å²) in [6.45, 7) is 0.973. The van der Waals surface area contributed by atoms with Gasteiger partial charge < -0.3 is 5.32 Å². The number of halogens is 1. The quantitative estimate of drug-likeness (QED) is 0.676. The summed E-state index contributed by atoms with van der Waals surface area (Å²) >= 11 is 7.51. The summed E-state index contributed by atoms with van der Waals surface area (Å²) in [6, 6.07) is 4.68. The minimum absolute atomic E-state index is 0.0410. The maximum atomic E-state index is 10.9. The number of aromatic nitrogens is 1. The highest BCUT2D eigenvalue weighted by molar-refractivity contribution is 7.09. The highest BCUT2D eigenvalue weighted by Gasteiger charge is 2.15. The molecule has 0 bridgehead atoms. The van der Waals surface area contributed by atoms with Gasteiger partial charge in [0.05, 0.1) is 21.0 Å². The fourth-order valence-corrected chi connectivity index (χ4v) is 2.33. The number of nitrogens with zero attached hydrogens (tertiary/aromatic N) is 2. The van der Waals surface area contributed by atoms with E-state index < -0.39 is 4.92 Å². The molecule has 1 heterocycles. The number of nitrogens with one attached hydrogen (secondary N) is 1. The average molecular weight is 284 g/mol. The summed E-state index contributed by atoms with van der Waals surface area (Å²) < 4.78 is 0. The van der Waals surface area contributed by atoms with Crippen LogP contribution in [0.25, 0.3) is 0 Å². The molecule has 0 amide bonds. The van der Waals surface area contributed by atoms with Gasteiger partial charge in [-0.2, -0.15) is 0 Å². The molecule has 0 spiro atoms. The Labute approximate surface area is 113 Å². The minimum Gasteiger partial charge on any atom is -0.307 e. The van der Waals surface area contributed by atoms with Crippen LogP contribution in [0, 0.1) is 10.1 Å². The van der Waals surface area contributed by atoms with E-state index in [4.69, 9.17) is 11.6 Å². The molecule has 1 N–H and O–H groups in total. The first-order chi connectivity index (χ1) is 8.68. The molecule has 5 nitrogen and oxygen atoms in total. The topological polar surface area (TPSA) is 68.1 Å². The van der Waals surface area contributed by atoms with Gasteiger partial charge in [0.25, 0.3) is 5.69 Å². The van der Waals surface area contributed by atoms with Crippen molar-refractivity contribution in [2.24, 2.45) is 0 Å².